The van der Waals surface area contributed by atoms with Gasteiger partial charge in [0, 0.05) is 19.7 Å². The first-order valence-corrected chi connectivity index (χ1v) is 10.8. The summed E-state index contributed by atoms with van der Waals surface area (Å²) in [6.07, 6.45) is 0. The lowest BCUT2D eigenvalue weighted by molar-refractivity contribution is 0.0627. The Bertz CT molecular complexity index is 1050. The highest BCUT2D eigenvalue weighted by atomic mass is 35.5. The van der Waals surface area contributed by atoms with Crippen molar-refractivity contribution in [2.24, 2.45) is 4.99 Å². The highest BCUT2D eigenvalue weighted by Crippen LogP contribution is 2.34. The molecule has 5 nitrogen and oxygen atoms in total. The Morgan fingerprint density at radius 3 is 2.79 bits per heavy atom. The minimum Gasteiger partial charge on any atom is -0.272 e. The smallest absolute Gasteiger partial charge is 0.156 e. The highest BCUT2D eigenvalue weighted by molar-refractivity contribution is 7.99. The Morgan fingerprint density at radius 1 is 1.18 bits per heavy atom. The molecule has 0 amide bonds. The molecule has 0 saturated heterocycles. The molecule has 0 radical (unpaired) electrons. The Labute approximate surface area is 177 Å². The van der Waals surface area contributed by atoms with Crippen molar-refractivity contribution in [2.45, 2.75) is 36.7 Å². The first-order valence-electron chi connectivity index (χ1n) is 8.81. The molecule has 8 heteroatoms. The average Bonchev–Trinajstić information content (AvgIpc) is 3.12. The molecule has 28 heavy (non-hydrogen) atoms. The van der Waals surface area contributed by atoms with Crippen LogP contribution in [0, 0.1) is 20.8 Å². The zero-order valence-corrected chi connectivity index (χ0v) is 18.1. The molecular weight excluding hydrogens is 412 g/mol. The van der Waals surface area contributed by atoms with Crippen LogP contribution in [0.15, 0.2) is 51.3 Å². The van der Waals surface area contributed by atoms with E-state index < -0.39 is 0 Å². The fourth-order valence-corrected chi connectivity index (χ4v) is 5.03. The van der Waals surface area contributed by atoms with Gasteiger partial charge in [-0.05, 0) is 56.7 Å². The molecule has 0 spiro atoms. The normalized spacial score (nSPS) is 16.6. The number of aliphatic imine (C=N–C) groups is 1. The van der Waals surface area contributed by atoms with Crippen LogP contribution in [0.25, 0.3) is 0 Å². The van der Waals surface area contributed by atoms with E-state index in [1.807, 2.05) is 38.1 Å². The van der Waals surface area contributed by atoms with Gasteiger partial charge in [0.2, 0.25) is 0 Å². The van der Waals surface area contributed by atoms with Gasteiger partial charge in [-0.15, -0.1) is 16.4 Å². The fraction of sp³-hybridized carbons (Fsp3) is 0.250. The number of aryl methyl sites for hydroxylation is 2. The average molecular weight is 431 g/mol. The summed E-state index contributed by atoms with van der Waals surface area (Å²) in [5.74, 6) is 0.683. The van der Waals surface area contributed by atoms with Crippen molar-refractivity contribution in [1.29, 1.82) is 0 Å². The van der Waals surface area contributed by atoms with Crippen molar-refractivity contribution in [2.75, 3.05) is 6.61 Å². The minimum atomic E-state index is -0.0353. The van der Waals surface area contributed by atoms with Gasteiger partial charge >= 0.3 is 0 Å². The predicted molar refractivity (Wildman–Crippen MR) is 115 cm³/mol. The molecule has 1 aromatic carbocycles. The van der Waals surface area contributed by atoms with Crippen LogP contribution in [0.2, 0.25) is 5.02 Å². The Morgan fingerprint density at radius 2 is 2.04 bits per heavy atom. The van der Waals surface area contributed by atoms with E-state index in [1.54, 1.807) is 11.3 Å². The molecule has 0 aliphatic carbocycles. The summed E-state index contributed by atoms with van der Waals surface area (Å²) in [7, 11) is 0. The predicted octanol–water partition coefficient (Wildman–Crippen LogP) is 5.29. The second-order valence-corrected chi connectivity index (χ2v) is 9.32. The zero-order chi connectivity index (χ0) is 19.7. The summed E-state index contributed by atoms with van der Waals surface area (Å²) in [5, 5.41) is 10.2. The summed E-state index contributed by atoms with van der Waals surface area (Å²) in [6.45, 7) is 6.58. The maximum absolute atomic E-state index is 6.14. The van der Waals surface area contributed by atoms with E-state index in [-0.39, 0.29) is 6.04 Å². The van der Waals surface area contributed by atoms with Crippen LogP contribution in [-0.4, -0.2) is 22.6 Å². The summed E-state index contributed by atoms with van der Waals surface area (Å²) in [6, 6.07) is 11.9. The topological polar surface area (TPSA) is 59.4 Å². The van der Waals surface area contributed by atoms with Gasteiger partial charge in [-0.2, -0.15) is 5.10 Å². The number of amidine groups is 1. The van der Waals surface area contributed by atoms with Crippen molar-refractivity contribution >= 4 is 40.5 Å². The molecule has 1 atom stereocenters. The second kappa shape index (κ2) is 8.21. The van der Waals surface area contributed by atoms with Crippen LogP contribution in [0.3, 0.4) is 0 Å². The quantitative estimate of drug-likeness (QED) is 0.609. The van der Waals surface area contributed by atoms with Gasteiger partial charge in [-0.1, -0.05) is 29.4 Å². The molecule has 0 saturated carbocycles. The Kier molecular flexibility index (Phi) is 5.68. The van der Waals surface area contributed by atoms with E-state index in [1.165, 1.54) is 21.5 Å². The number of hydrogen-bond donors (Lipinski definition) is 1. The SMILES string of the molecule is Cc1ccc(C2CONC(c3c(Sc4cccc(Cl)c4)nnc(C)c3C)=N2)s1. The maximum Gasteiger partial charge on any atom is 0.156 e. The van der Waals surface area contributed by atoms with E-state index in [0.29, 0.717) is 17.5 Å². The van der Waals surface area contributed by atoms with Crippen molar-refractivity contribution < 1.29 is 4.84 Å². The molecule has 144 valence electrons. The second-order valence-electron chi connectivity index (χ2n) is 6.50. The van der Waals surface area contributed by atoms with Crippen molar-refractivity contribution in [3.05, 3.63) is 68.0 Å². The van der Waals surface area contributed by atoms with Crippen LogP contribution in [-0.2, 0) is 4.84 Å². The highest BCUT2D eigenvalue weighted by Gasteiger charge is 2.24. The monoisotopic (exact) mass is 430 g/mol. The van der Waals surface area contributed by atoms with Crippen molar-refractivity contribution in [1.82, 2.24) is 15.7 Å². The number of hydrogen-bond acceptors (Lipinski definition) is 7. The van der Waals surface area contributed by atoms with Crippen molar-refractivity contribution in [3.8, 4) is 0 Å². The molecular formula is C20H19ClN4OS2. The molecule has 1 aliphatic heterocycles. The fourth-order valence-electron chi connectivity index (χ4n) is 2.88. The lowest BCUT2D eigenvalue weighted by Crippen LogP contribution is -2.33. The number of halogens is 1. The number of thiophene rings is 1. The molecule has 3 heterocycles. The third-order valence-electron chi connectivity index (χ3n) is 4.45. The van der Waals surface area contributed by atoms with Gasteiger partial charge in [0.05, 0.1) is 11.3 Å². The van der Waals surface area contributed by atoms with Crippen LogP contribution in [0.1, 0.15) is 32.6 Å². The summed E-state index contributed by atoms with van der Waals surface area (Å²) in [4.78, 5) is 14.1. The van der Waals surface area contributed by atoms with Gasteiger partial charge in [0.25, 0.3) is 0 Å². The summed E-state index contributed by atoms with van der Waals surface area (Å²) >= 11 is 9.40. The molecule has 2 aromatic heterocycles. The van der Waals surface area contributed by atoms with E-state index in [2.05, 4.69) is 34.7 Å². The van der Waals surface area contributed by atoms with Gasteiger partial charge in [-0.25, -0.2) is 5.48 Å². The summed E-state index contributed by atoms with van der Waals surface area (Å²) < 4.78 is 0. The number of hydroxylamine groups is 1. The Balaban J connectivity index is 1.75. The molecule has 0 fully saturated rings. The van der Waals surface area contributed by atoms with Crippen LogP contribution in [0.4, 0.5) is 0 Å². The van der Waals surface area contributed by atoms with E-state index in [9.17, 15) is 0 Å². The van der Waals surface area contributed by atoms with E-state index >= 15 is 0 Å². The molecule has 1 unspecified atom stereocenters. The number of rotatable bonds is 4. The first kappa shape index (κ1) is 19.4. The van der Waals surface area contributed by atoms with E-state index in [4.69, 9.17) is 21.4 Å². The third-order valence-corrected chi connectivity index (χ3v) is 6.76. The lowest BCUT2D eigenvalue weighted by Gasteiger charge is -2.23. The van der Waals surface area contributed by atoms with Crippen LogP contribution in [0.5, 0.6) is 0 Å². The van der Waals surface area contributed by atoms with Crippen LogP contribution < -0.4 is 5.48 Å². The van der Waals surface area contributed by atoms with Gasteiger partial charge in [0.1, 0.15) is 17.7 Å². The Hall–Kier alpha value is -1.93. The molecule has 1 aliphatic rings. The zero-order valence-electron chi connectivity index (χ0n) is 15.7. The largest absolute Gasteiger partial charge is 0.272 e. The number of benzene rings is 1. The van der Waals surface area contributed by atoms with Crippen LogP contribution >= 0.6 is 34.7 Å². The molecule has 3 aromatic rings. The van der Waals surface area contributed by atoms with E-state index in [0.717, 1.165) is 26.7 Å². The number of aromatic nitrogens is 2. The molecule has 4 rings (SSSR count). The van der Waals surface area contributed by atoms with Gasteiger partial charge in [0.15, 0.2) is 5.84 Å². The van der Waals surface area contributed by atoms with Gasteiger partial charge in [-0.3, -0.25) is 9.83 Å². The number of nitrogens with one attached hydrogen (secondary N) is 1. The number of nitrogens with zero attached hydrogens (tertiary/aromatic N) is 3. The maximum atomic E-state index is 6.14. The summed E-state index contributed by atoms with van der Waals surface area (Å²) in [5.41, 5.74) is 5.80. The van der Waals surface area contributed by atoms with Gasteiger partial charge < -0.3 is 0 Å². The molecule has 0 bridgehead atoms. The standard InChI is InChI=1S/C20H19ClN4OS2/c1-11-7-8-17(27-11)16-10-26-25-19(22-16)18-12(2)13(3)23-24-20(18)28-15-6-4-5-14(21)9-15/h4-9,16H,10H2,1-3H3,(H,22,25). The lowest BCUT2D eigenvalue weighted by atomic mass is 10.1. The third kappa shape index (κ3) is 4.07. The first-order chi connectivity index (χ1) is 13.5. The minimum absolute atomic E-state index is 0.0353. The molecule has 1 N–H and O–H groups in total. The van der Waals surface area contributed by atoms with Crippen molar-refractivity contribution in [3.63, 3.8) is 0 Å².